The Morgan fingerprint density at radius 1 is 1.20 bits per heavy atom. The third-order valence-corrected chi connectivity index (χ3v) is 6.15. The topological polar surface area (TPSA) is 84.9 Å². The SMILES string of the molecule is COc1ccccc1N1C[C@@H](C(=O)OCC(=O)Nc2cc(C)c(Br)c(C)c2)CC1=O. The molecule has 2 aromatic carbocycles. The van der Waals surface area contributed by atoms with Gasteiger partial charge in [0.1, 0.15) is 5.75 Å². The lowest BCUT2D eigenvalue weighted by atomic mass is 10.1. The van der Waals surface area contributed by atoms with E-state index < -0.39 is 24.4 Å². The van der Waals surface area contributed by atoms with Crippen molar-refractivity contribution < 1.29 is 23.9 Å². The van der Waals surface area contributed by atoms with E-state index in [1.54, 1.807) is 18.2 Å². The first kappa shape index (κ1) is 21.8. The van der Waals surface area contributed by atoms with Gasteiger partial charge in [0.25, 0.3) is 5.91 Å². The van der Waals surface area contributed by atoms with Crippen LogP contribution in [0.25, 0.3) is 0 Å². The van der Waals surface area contributed by atoms with E-state index in [9.17, 15) is 14.4 Å². The summed E-state index contributed by atoms with van der Waals surface area (Å²) >= 11 is 3.48. The number of para-hydroxylation sites is 2. The molecule has 3 rings (SSSR count). The number of carbonyl (C=O) groups is 3. The summed E-state index contributed by atoms with van der Waals surface area (Å²) in [6, 6.07) is 10.8. The first-order chi connectivity index (χ1) is 14.3. The lowest BCUT2D eigenvalue weighted by Crippen LogP contribution is -2.28. The van der Waals surface area contributed by atoms with Crippen molar-refractivity contribution >= 4 is 45.1 Å². The van der Waals surface area contributed by atoms with E-state index in [1.165, 1.54) is 12.0 Å². The highest BCUT2D eigenvalue weighted by atomic mass is 79.9. The van der Waals surface area contributed by atoms with Gasteiger partial charge in [-0.05, 0) is 49.2 Å². The molecule has 1 N–H and O–H groups in total. The van der Waals surface area contributed by atoms with E-state index in [2.05, 4.69) is 21.2 Å². The van der Waals surface area contributed by atoms with E-state index in [4.69, 9.17) is 9.47 Å². The van der Waals surface area contributed by atoms with Crippen molar-refractivity contribution in [2.75, 3.05) is 30.5 Å². The van der Waals surface area contributed by atoms with Crippen LogP contribution in [0, 0.1) is 19.8 Å². The van der Waals surface area contributed by atoms with Gasteiger partial charge in [-0.1, -0.05) is 28.1 Å². The summed E-state index contributed by atoms with van der Waals surface area (Å²) in [5.74, 6) is -1.27. The lowest BCUT2D eigenvalue weighted by Gasteiger charge is -2.19. The minimum absolute atomic E-state index is 0.0314. The minimum Gasteiger partial charge on any atom is -0.495 e. The molecule has 0 aromatic heterocycles. The molecule has 1 saturated heterocycles. The van der Waals surface area contributed by atoms with Crippen LogP contribution in [-0.2, 0) is 19.1 Å². The molecular formula is C22H23BrN2O5. The summed E-state index contributed by atoms with van der Waals surface area (Å²) in [6.45, 7) is 3.63. The van der Waals surface area contributed by atoms with Crippen molar-refractivity contribution in [2.24, 2.45) is 5.92 Å². The number of amides is 2. The van der Waals surface area contributed by atoms with E-state index in [-0.39, 0.29) is 18.9 Å². The van der Waals surface area contributed by atoms with Crippen LogP contribution in [0.15, 0.2) is 40.9 Å². The number of aryl methyl sites for hydroxylation is 2. The maximum absolute atomic E-state index is 12.4. The summed E-state index contributed by atoms with van der Waals surface area (Å²) < 4.78 is 11.4. The van der Waals surface area contributed by atoms with Crippen LogP contribution in [0.1, 0.15) is 17.5 Å². The number of esters is 1. The number of halogens is 1. The summed E-state index contributed by atoms with van der Waals surface area (Å²) in [7, 11) is 1.53. The van der Waals surface area contributed by atoms with Gasteiger partial charge in [-0.2, -0.15) is 0 Å². The van der Waals surface area contributed by atoms with Gasteiger partial charge < -0.3 is 19.7 Å². The molecule has 30 heavy (non-hydrogen) atoms. The zero-order valence-corrected chi connectivity index (χ0v) is 18.6. The number of ether oxygens (including phenoxy) is 2. The van der Waals surface area contributed by atoms with Gasteiger partial charge >= 0.3 is 5.97 Å². The van der Waals surface area contributed by atoms with Crippen molar-refractivity contribution in [3.05, 3.63) is 52.0 Å². The number of methoxy groups -OCH3 is 1. The Bertz CT molecular complexity index is 968. The molecule has 0 spiro atoms. The van der Waals surface area contributed by atoms with Crippen molar-refractivity contribution in [2.45, 2.75) is 20.3 Å². The monoisotopic (exact) mass is 474 g/mol. The lowest BCUT2D eigenvalue weighted by molar-refractivity contribution is -0.151. The van der Waals surface area contributed by atoms with Crippen LogP contribution in [0.5, 0.6) is 5.75 Å². The molecular weight excluding hydrogens is 452 g/mol. The Balaban J connectivity index is 1.56. The van der Waals surface area contributed by atoms with Gasteiger partial charge in [-0.3, -0.25) is 14.4 Å². The van der Waals surface area contributed by atoms with Gasteiger partial charge in [0.2, 0.25) is 5.91 Å². The molecule has 0 radical (unpaired) electrons. The Morgan fingerprint density at radius 2 is 1.87 bits per heavy atom. The Kier molecular flexibility index (Phi) is 6.77. The Labute approximate surface area is 183 Å². The second kappa shape index (κ2) is 9.30. The average Bonchev–Trinajstić information content (AvgIpc) is 3.11. The maximum atomic E-state index is 12.4. The quantitative estimate of drug-likeness (QED) is 0.646. The number of hydrogen-bond donors (Lipinski definition) is 1. The number of anilines is 2. The fourth-order valence-electron chi connectivity index (χ4n) is 3.42. The summed E-state index contributed by atoms with van der Waals surface area (Å²) in [5, 5.41) is 2.72. The van der Waals surface area contributed by atoms with E-state index in [0.717, 1.165) is 15.6 Å². The number of hydrogen-bond acceptors (Lipinski definition) is 5. The molecule has 0 aliphatic carbocycles. The summed E-state index contributed by atoms with van der Waals surface area (Å²) in [6.07, 6.45) is 0.0314. The minimum atomic E-state index is -0.632. The van der Waals surface area contributed by atoms with Crippen LogP contribution < -0.4 is 15.0 Å². The molecule has 7 nitrogen and oxygen atoms in total. The van der Waals surface area contributed by atoms with Gasteiger partial charge in [-0.15, -0.1) is 0 Å². The largest absolute Gasteiger partial charge is 0.495 e. The third kappa shape index (κ3) is 4.81. The molecule has 2 amide bonds. The molecule has 1 aliphatic rings. The molecule has 1 atom stereocenters. The fraction of sp³-hybridized carbons (Fsp3) is 0.318. The molecule has 2 aromatic rings. The maximum Gasteiger partial charge on any atom is 0.311 e. The third-order valence-electron chi connectivity index (χ3n) is 4.90. The van der Waals surface area contributed by atoms with Crippen molar-refractivity contribution in [1.82, 2.24) is 0 Å². The van der Waals surface area contributed by atoms with Crippen LogP contribution in [-0.4, -0.2) is 38.0 Å². The van der Waals surface area contributed by atoms with E-state index >= 15 is 0 Å². The van der Waals surface area contributed by atoms with Crippen molar-refractivity contribution in [3.63, 3.8) is 0 Å². The van der Waals surface area contributed by atoms with E-state index in [1.807, 2.05) is 32.0 Å². The number of carbonyl (C=O) groups excluding carboxylic acids is 3. The average molecular weight is 475 g/mol. The molecule has 158 valence electrons. The number of nitrogens with zero attached hydrogens (tertiary/aromatic N) is 1. The molecule has 1 aliphatic heterocycles. The zero-order valence-electron chi connectivity index (χ0n) is 17.0. The standard InChI is InChI=1S/C22H23BrN2O5/c1-13-8-16(9-14(2)21(13)23)24-19(26)12-30-22(28)15-10-20(27)25(11-15)17-6-4-5-7-18(17)29-3/h4-9,15H,10-12H2,1-3H3,(H,24,26)/t15-/m0/s1. The fourth-order valence-corrected chi connectivity index (χ4v) is 3.65. The number of nitrogens with one attached hydrogen (secondary N) is 1. The molecule has 0 bridgehead atoms. The normalized spacial score (nSPS) is 15.8. The highest BCUT2D eigenvalue weighted by Crippen LogP contribution is 2.33. The predicted octanol–water partition coefficient (Wildman–Crippen LogP) is 3.61. The molecule has 0 unspecified atom stereocenters. The molecule has 1 heterocycles. The number of rotatable bonds is 6. The summed E-state index contributed by atoms with van der Waals surface area (Å²) in [4.78, 5) is 38.5. The highest BCUT2D eigenvalue weighted by Gasteiger charge is 2.37. The van der Waals surface area contributed by atoms with Crippen LogP contribution in [0.4, 0.5) is 11.4 Å². The Morgan fingerprint density at radius 3 is 2.53 bits per heavy atom. The van der Waals surface area contributed by atoms with Gasteiger partial charge in [0.05, 0.1) is 18.7 Å². The highest BCUT2D eigenvalue weighted by molar-refractivity contribution is 9.10. The second-order valence-electron chi connectivity index (χ2n) is 7.16. The second-order valence-corrected chi connectivity index (χ2v) is 7.95. The molecule has 1 fully saturated rings. The predicted molar refractivity (Wildman–Crippen MR) is 117 cm³/mol. The van der Waals surface area contributed by atoms with Gasteiger partial charge in [-0.25, -0.2) is 0 Å². The van der Waals surface area contributed by atoms with Crippen molar-refractivity contribution in [3.8, 4) is 5.75 Å². The first-order valence-corrected chi connectivity index (χ1v) is 10.3. The van der Waals surface area contributed by atoms with Crippen LogP contribution >= 0.6 is 15.9 Å². The zero-order chi connectivity index (χ0) is 21.8. The van der Waals surface area contributed by atoms with Crippen LogP contribution in [0.3, 0.4) is 0 Å². The molecule has 0 saturated carbocycles. The molecule has 8 heteroatoms. The summed E-state index contributed by atoms with van der Waals surface area (Å²) in [5.41, 5.74) is 3.22. The van der Waals surface area contributed by atoms with E-state index in [0.29, 0.717) is 17.1 Å². The van der Waals surface area contributed by atoms with Crippen molar-refractivity contribution in [1.29, 1.82) is 0 Å². The van der Waals surface area contributed by atoms with Gasteiger partial charge in [0.15, 0.2) is 6.61 Å². The Hall–Kier alpha value is -2.87. The smallest absolute Gasteiger partial charge is 0.311 e. The van der Waals surface area contributed by atoms with Gasteiger partial charge in [0, 0.05) is 23.1 Å². The number of benzene rings is 2. The first-order valence-electron chi connectivity index (χ1n) is 9.46. The van der Waals surface area contributed by atoms with Crippen LogP contribution in [0.2, 0.25) is 0 Å².